The predicted molar refractivity (Wildman–Crippen MR) is 94.4 cm³/mol. The van der Waals surface area contributed by atoms with E-state index in [9.17, 15) is 19.7 Å². The zero-order chi connectivity index (χ0) is 18.5. The summed E-state index contributed by atoms with van der Waals surface area (Å²) in [6, 6.07) is 9.22. The second-order valence-electron chi connectivity index (χ2n) is 6.82. The number of nitro benzene ring substituents is 1. The Labute approximate surface area is 149 Å². The van der Waals surface area contributed by atoms with E-state index in [1.54, 1.807) is 18.2 Å². The van der Waals surface area contributed by atoms with Gasteiger partial charge in [0.15, 0.2) is 0 Å². The Morgan fingerprint density at radius 2 is 1.56 bits per heavy atom. The van der Waals surface area contributed by atoms with E-state index in [1.165, 1.54) is 18.2 Å². The minimum Gasteiger partial charge on any atom is -0.268 e. The van der Waals surface area contributed by atoms with Gasteiger partial charge < -0.3 is 0 Å². The van der Waals surface area contributed by atoms with E-state index in [0.717, 1.165) is 4.90 Å². The van der Waals surface area contributed by atoms with Gasteiger partial charge in [-0.2, -0.15) is 0 Å². The summed E-state index contributed by atoms with van der Waals surface area (Å²) in [5.41, 5.74) is 0.118. The summed E-state index contributed by atoms with van der Waals surface area (Å²) in [7, 11) is 0. The maximum Gasteiger partial charge on any atom is 0.295 e. The van der Waals surface area contributed by atoms with E-state index in [4.69, 9.17) is 11.6 Å². The fraction of sp³-hybridized carbons (Fsp3) is 0.222. The SMILES string of the molecule is CC(C)(C)c1cc(Cl)c(N2C(=O)c3ccccc3C2=O)c([N+](=O)[O-])c1. The molecule has 2 aromatic rings. The zero-order valence-corrected chi connectivity index (χ0v) is 14.6. The lowest BCUT2D eigenvalue weighted by molar-refractivity contribution is -0.384. The first kappa shape index (κ1) is 17.1. The van der Waals surface area contributed by atoms with Crippen molar-refractivity contribution in [1.82, 2.24) is 0 Å². The summed E-state index contributed by atoms with van der Waals surface area (Å²) >= 11 is 6.29. The van der Waals surface area contributed by atoms with E-state index in [0.29, 0.717) is 5.56 Å². The Morgan fingerprint density at radius 1 is 1.04 bits per heavy atom. The number of fused-ring (bicyclic) bond motifs is 1. The number of hydrogen-bond donors (Lipinski definition) is 0. The van der Waals surface area contributed by atoms with Crippen LogP contribution in [-0.4, -0.2) is 16.7 Å². The second kappa shape index (κ2) is 5.67. The third kappa shape index (κ3) is 2.68. The van der Waals surface area contributed by atoms with Crippen LogP contribution in [0.1, 0.15) is 47.1 Å². The molecule has 0 N–H and O–H groups in total. The predicted octanol–water partition coefficient (Wildman–Crippen LogP) is 4.35. The summed E-state index contributed by atoms with van der Waals surface area (Å²) in [5, 5.41) is 11.6. The van der Waals surface area contributed by atoms with E-state index < -0.39 is 16.7 Å². The summed E-state index contributed by atoms with van der Waals surface area (Å²) in [6.07, 6.45) is 0. The normalized spacial score (nSPS) is 14.0. The standard InChI is InChI=1S/C18H15ClN2O4/c1-18(2,3)10-8-13(19)15(14(9-10)21(24)25)20-16(22)11-6-4-5-7-12(11)17(20)23/h4-9H,1-3H3. The molecule has 25 heavy (non-hydrogen) atoms. The van der Waals surface area contributed by atoms with Crippen LogP contribution in [0.2, 0.25) is 5.02 Å². The number of nitrogens with zero attached hydrogens (tertiary/aromatic N) is 2. The molecule has 0 spiro atoms. The Balaban J connectivity index is 2.24. The molecule has 6 nitrogen and oxygen atoms in total. The van der Waals surface area contributed by atoms with Gasteiger partial charge in [-0.15, -0.1) is 0 Å². The molecule has 0 radical (unpaired) electrons. The number of rotatable bonds is 2. The fourth-order valence-corrected chi connectivity index (χ4v) is 3.07. The van der Waals surface area contributed by atoms with Crippen LogP contribution < -0.4 is 4.90 Å². The number of hydrogen-bond acceptors (Lipinski definition) is 4. The summed E-state index contributed by atoms with van der Waals surface area (Å²) < 4.78 is 0. The van der Waals surface area contributed by atoms with Gasteiger partial charge in [-0.25, -0.2) is 4.90 Å². The molecule has 0 unspecified atom stereocenters. The van der Waals surface area contributed by atoms with Gasteiger partial charge in [0.25, 0.3) is 17.5 Å². The van der Waals surface area contributed by atoms with Crippen LogP contribution in [-0.2, 0) is 5.41 Å². The molecule has 2 aromatic carbocycles. The number of carbonyl (C=O) groups excluding carboxylic acids is 2. The number of nitro groups is 1. The highest BCUT2D eigenvalue weighted by Crippen LogP contribution is 2.42. The molecule has 3 rings (SSSR count). The molecule has 1 aliphatic heterocycles. The van der Waals surface area contributed by atoms with Gasteiger partial charge in [-0.1, -0.05) is 44.5 Å². The first-order valence-electron chi connectivity index (χ1n) is 7.59. The van der Waals surface area contributed by atoms with Crippen LogP contribution in [0.25, 0.3) is 0 Å². The number of carbonyl (C=O) groups is 2. The number of imide groups is 1. The van der Waals surface area contributed by atoms with Crippen molar-refractivity contribution < 1.29 is 14.5 Å². The Morgan fingerprint density at radius 3 is 2.00 bits per heavy atom. The monoisotopic (exact) mass is 358 g/mol. The summed E-state index contributed by atoms with van der Waals surface area (Å²) in [4.78, 5) is 37.0. The lowest BCUT2D eigenvalue weighted by Crippen LogP contribution is -2.30. The maximum absolute atomic E-state index is 12.6. The molecule has 7 heteroatoms. The van der Waals surface area contributed by atoms with Crippen molar-refractivity contribution in [2.75, 3.05) is 4.90 Å². The molecule has 0 saturated carbocycles. The highest BCUT2D eigenvalue weighted by Gasteiger charge is 2.41. The summed E-state index contributed by atoms with van der Waals surface area (Å²) in [6.45, 7) is 5.68. The van der Waals surface area contributed by atoms with Gasteiger partial charge in [-0.05, 0) is 29.2 Å². The molecule has 0 aromatic heterocycles. The lowest BCUT2D eigenvalue weighted by atomic mass is 9.86. The molecular weight excluding hydrogens is 344 g/mol. The van der Waals surface area contributed by atoms with Crippen LogP contribution in [0.3, 0.4) is 0 Å². The lowest BCUT2D eigenvalue weighted by Gasteiger charge is -2.22. The smallest absolute Gasteiger partial charge is 0.268 e. The van der Waals surface area contributed by atoms with Crippen molar-refractivity contribution in [2.45, 2.75) is 26.2 Å². The Kier molecular flexibility index (Phi) is 3.88. The fourth-order valence-electron chi connectivity index (χ4n) is 2.77. The first-order chi connectivity index (χ1) is 11.6. The number of anilines is 1. The van der Waals surface area contributed by atoms with Crippen molar-refractivity contribution in [1.29, 1.82) is 0 Å². The summed E-state index contributed by atoms with van der Waals surface area (Å²) in [5.74, 6) is -1.23. The van der Waals surface area contributed by atoms with Gasteiger partial charge in [0, 0.05) is 6.07 Å². The highest BCUT2D eigenvalue weighted by atomic mass is 35.5. The largest absolute Gasteiger partial charge is 0.295 e. The van der Waals surface area contributed by atoms with Crippen molar-refractivity contribution in [3.63, 3.8) is 0 Å². The van der Waals surface area contributed by atoms with Crippen molar-refractivity contribution in [2.24, 2.45) is 0 Å². The molecule has 128 valence electrons. The molecule has 0 aliphatic carbocycles. The molecule has 0 saturated heterocycles. The number of amides is 2. The van der Waals surface area contributed by atoms with Gasteiger partial charge in [0.2, 0.25) is 0 Å². The van der Waals surface area contributed by atoms with Crippen LogP contribution in [0, 0.1) is 10.1 Å². The van der Waals surface area contributed by atoms with Crippen LogP contribution in [0.5, 0.6) is 0 Å². The molecule has 0 atom stereocenters. The average Bonchev–Trinajstić information content (AvgIpc) is 2.78. The quantitative estimate of drug-likeness (QED) is 0.454. The van der Waals surface area contributed by atoms with Crippen molar-refractivity contribution >= 4 is 34.8 Å². The third-order valence-electron chi connectivity index (χ3n) is 4.12. The second-order valence-corrected chi connectivity index (χ2v) is 7.23. The van der Waals surface area contributed by atoms with E-state index in [2.05, 4.69) is 0 Å². The number of benzene rings is 2. The van der Waals surface area contributed by atoms with Crippen molar-refractivity contribution in [3.05, 3.63) is 68.2 Å². The molecule has 0 bridgehead atoms. The minimum absolute atomic E-state index is 0.00590. The molecular formula is C18H15ClN2O4. The van der Waals surface area contributed by atoms with Crippen LogP contribution in [0.15, 0.2) is 36.4 Å². The average molecular weight is 359 g/mol. The molecule has 0 fully saturated rings. The third-order valence-corrected chi connectivity index (χ3v) is 4.41. The Hall–Kier alpha value is -2.73. The maximum atomic E-state index is 12.6. The van der Waals surface area contributed by atoms with E-state index in [1.807, 2.05) is 20.8 Å². The van der Waals surface area contributed by atoms with Gasteiger partial charge >= 0.3 is 0 Å². The zero-order valence-electron chi connectivity index (χ0n) is 13.9. The molecule has 1 aliphatic rings. The van der Waals surface area contributed by atoms with Gasteiger partial charge in [0.05, 0.1) is 21.1 Å². The van der Waals surface area contributed by atoms with Crippen molar-refractivity contribution in [3.8, 4) is 0 Å². The van der Waals surface area contributed by atoms with E-state index in [-0.39, 0.29) is 32.9 Å². The molecule has 1 heterocycles. The topological polar surface area (TPSA) is 80.5 Å². The number of halogens is 1. The Bertz CT molecular complexity index is 896. The van der Waals surface area contributed by atoms with Crippen LogP contribution in [0.4, 0.5) is 11.4 Å². The van der Waals surface area contributed by atoms with E-state index >= 15 is 0 Å². The van der Waals surface area contributed by atoms with Gasteiger partial charge in [-0.3, -0.25) is 19.7 Å². The minimum atomic E-state index is -0.625. The highest BCUT2D eigenvalue weighted by molar-refractivity contribution is 6.40. The molecule has 2 amide bonds. The van der Waals surface area contributed by atoms with Gasteiger partial charge in [0.1, 0.15) is 5.69 Å². The van der Waals surface area contributed by atoms with Crippen LogP contribution >= 0.6 is 11.6 Å². The first-order valence-corrected chi connectivity index (χ1v) is 7.97.